The van der Waals surface area contributed by atoms with Crippen molar-refractivity contribution in [1.29, 1.82) is 0 Å². The molecule has 4 heteroatoms. The number of amides is 1. The number of aromatic nitrogens is 2. The van der Waals surface area contributed by atoms with Crippen LogP contribution in [0.2, 0.25) is 0 Å². The fourth-order valence-corrected chi connectivity index (χ4v) is 4.60. The van der Waals surface area contributed by atoms with E-state index in [1.54, 1.807) is 0 Å². The quantitative estimate of drug-likeness (QED) is 0.825. The van der Waals surface area contributed by atoms with E-state index < -0.39 is 0 Å². The first-order valence-corrected chi connectivity index (χ1v) is 10.1. The topological polar surface area (TPSA) is 38.1 Å². The normalized spacial score (nSPS) is 24.5. The van der Waals surface area contributed by atoms with Crippen molar-refractivity contribution in [1.82, 2.24) is 14.5 Å². The molecule has 1 atom stereocenters. The maximum absolute atomic E-state index is 13.4. The van der Waals surface area contributed by atoms with Crippen LogP contribution in [0.25, 0.3) is 0 Å². The highest BCUT2D eigenvalue weighted by molar-refractivity contribution is 5.91. The van der Waals surface area contributed by atoms with Gasteiger partial charge in [0.25, 0.3) is 0 Å². The summed E-state index contributed by atoms with van der Waals surface area (Å²) < 4.78 is 2.35. The minimum absolute atomic E-state index is 0.243. The van der Waals surface area contributed by atoms with E-state index in [9.17, 15) is 4.79 Å². The predicted molar refractivity (Wildman–Crippen MR) is 101 cm³/mol. The van der Waals surface area contributed by atoms with Crippen molar-refractivity contribution in [3.63, 3.8) is 0 Å². The zero-order valence-corrected chi connectivity index (χ0v) is 15.3. The molecule has 1 aromatic carbocycles. The summed E-state index contributed by atoms with van der Waals surface area (Å²) in [5, 5.41) is 0. The van der Waals surface area contributed by atoms with E-state index in [1.165, 1.54) is 24.2 Å². The molecule has 0 radical (unpaired) electrons. The molecule has 26 heavy (non-hydrogen) atoms. The Morgan fingerprint density at radius 3 is 2.69 bits per heavy atom. The first-order valence-electron chi connectivity index (χ1n) is 10.1. The van der Waals surface area contributed by atoms with Gasteiger partial charge in [0.1, 0.15) is 5.82 Å². The maximum Gasteiger partial charge on any atom is 0.233 e. The summed E-state index contributed by atoms with van der Waals surface area (Å²) in [5.41, 5.74) is 0.953. The first-order chi connectivity index (χ1) is 12.8. The number of hydrogen-bond acceptors (Lipinski definition) is 2. The van der Waals surface area contributed by atoms with Gasteiger partial charge in [0, 0.05) is 37.9 Å². The first kappa shape index (κ1) is 16.1. The number of likely N-dealkylation sites (tertiary alicyclic amines) is 1. The molecule has 2 saturated carbocycles. The molecule has 3 fully saturated rings. The van der Waals surface area contributed by atoms with Gasteiger partial charge in [-0.05, 0) is 50.0 Å². The van der Waals surface area contributed by atoms with E-state index >= 15 is 0 Å². The molecule has 1 unspecified atom stereocenters. The fraction of sp³-hybridized carbons (Fsp3) is 0.545. The SMILES string of the molecule is O=C(N1CCCC(c2nccn2CC2CC2)C1)C1(c2ccccc2)CC1. The highest BCUT2D eigenvalue weighted by Gasteiger charge is 2.53. The van der Waals surface area contributed by atoms with Crippen LogP contribution in [0, 0.1) is 5.92 Å². The number of carbonyl (C=O) groups is 1. The van der Waals surface area contributed by atoms with Crippen LogP contribution in [0.1, 0.15) is 55.8 Å². The summed E-state index contributed by atoms with van der Waals surface area (Å²) in [7, 11) is 0. The zero-order valence-electron chi connectivity index (χ0n) is 15.3. The highest BCUT2D eigenvalue weighted by Crippen LogP contribution is 2.50. The van der Waals surface area contributed by atoms with Crippen molar-refractivity contribution in [2.24, 2.45) is 5.92 Å². The molecule has 136 valence electrons. The molecule has 2 aromatic rings. The Balaban J connectivity index is 1.33. The Hall–Kier alpha value is -2.10. The summed E-state index contributed by atoms with van der Waals surface area (Å²) in [6.07, 6.45) is 11.0. The van der Waals surface area contributed by atoms with Crippen molar-refractivity contribution >= 4 is 5.91 Å². The minimum atomic E-state index is -0.243. The van der Waals surface area contributed by atoms with Gasteiger partial charge in [-0.1, -0.05) is 30.3 Å². The number of imidazole rings is 1. The Labute approximate surface area is 155 Å². The van der Waals surface area contributed by atoms with E-state index in [1.807, 2.05) is 12.3 Å². The lowest BCUT2D eigenvalue weighted by Crippen LogP contribution is -2.45. The van der Waals surface area contributed by atoms with Crippen LogP contribution in [0.15, 0.2) is 42.7 Å². The van der Waals surface area contributed by atoms with Crippen LogP contribution in [0.3, 0.4) is 0 Å². The maximum atomic E-state index is 13.4. The lowest BCUT2D eigenvalue weighted by Gasteiger charge is -2.35. The van der Waals surface area contributed by atoms with Crippen LogP contribution in [-0.2, 0) is 16.8 Å². The number of piperidine rings is 1. The molecule has 0 spiro atoms. The van der Waals surface area contributed by atoms with Crippen molar-refractivity contribution in [3.8, 4) is 0 Å². The Bertz CT molecular complexity index is 789. The molecule has 4 nitrogen and oxygen atoms in total. The van der Waals surface area contributed by atoms with Gasteiger partial charge in [-0.3, -0.25) is 4.79 Å². The number of benzene rings is 1. The zero-order chi connectivity index (χ0) is 17.6. The molecule has 1 aromatic heterocycles. The van der Waals surface area contributed by atoms with E-state index in [-0.39, 0.29) is 5.41 Å². The van der Waals surface area contributed by atoms with E-state index in [4.69, 9.17) is 0 Å². The lowest BCUT2D eigenvalue weighted by atomic mass is 9.91. The number of nitrogens with zero attached hydrogens (tertiary/aromatic N) is 3. The highest BCUT2D eigenvalue weighted by atomic mass is 16.2. The number of carbonyl (C=O) groups excluding carboxylic acids is 1. The van der Waals surface area contributed by atoms with Gasteiger partial charge in [-0.25, -0.2) is 4.98 Å². The van der Waals surface area contributed by atoms with Gasteiger partial charge >= 0.3 is 0 Å². The van der Waals surface area contributed by atoms with Gasteiger partial charge in [0.05, 0.1) is 5.41 Å². The number of hydrogen-bond donors (Lipinski definition) is 0. The molecule has 5 rings (SSSR count). The molecule has 1 aliphatic heterocycles. The van der Waals surface area contributed by atoms with Gasteiger partial charge in [0.15, 0.2) is 0 Å². The van der Waals surface area contributed by atoms with Crippen LogP contribution in [0.4, 0.5) is 0 Å². The van der Waals surface area contributed by atoms with Gasteiger partial charge in [-0.15, -0.1) is 0 Å². The molecular weight excluding hydrogens is 322 g/mol. The summed E-state index contributed by atoms with van der Waals surface area (Å²) in [6, 6.07) is 10.4. The summed E-state index contributed by atoms with van der Waals surface area (Å²) >= 11 is 0. The monoisotopic (exact) mass is 349 g/mol. The molecule has 0 N–H and O–H groups in total. The minimum Gasteiger partial charge on any atom is -0.341 e. The smallest absolute Gasteiger partial charge is 0.233 e. The molecule has 2 aliphatic carbocycles. The van der Waals surface area contributed by atoms with Crippen molar-refractivity contribution < 1.29 is 4.79 Å². The van der Waals surface area contributed by atoms with Crippen molar-refractivity contribution in [2.75, 3.05) is 13.1 Å². The molecule has 1 amide bonds. The van der Waals surface area contributed by atoms with Crippen LogP contribution in [-0.4, -0.2) is 33.4 Å². The third-order valence-electron chi connectivity index (χ3n) is 6.46. The average Bonchev–Trinajstić information content (AvgIpc) is 3.61. The number of rotatable bonds is 5. The second kappa shape index (κ2) is 6.26. The molecule has 3 aliphatic rings. The predicted octanol–water partition coefficient (Wildman–Crippen LogP) is 3.73. The summed E-state index contributed by atoms with van der Waals surface area (Å²) in [5.74, 6) is 2.76. The molecule has 1 saturated heterocycles. The Kier molecular flexibility index (Phi) is 3.87. The summed E-state index contributed by atoms with van der Waals surface area (Å²) in [6.45, 7) is 2.83. The Morgan fingerprint density at radius 1 is 1.15 bits per heavy atom. The van der Waals surface area contributed by atoms with Crippen molar-refractivity contribution in [2.45, 2.75) is 56.4 Å². The summed E-state index contributed by atoms with van der Waals surface area (Å²) in [4.78, 5) is 20.2. The van der Waals surface area contributed by atoms with Gasteiger partial charge in [-0.2, -0.15) is 0 Å². The lowest BCUT2D eigenvalue weighted by molar-refractivity contribution is -0.135. The fourth-order valence-electron chi connectivity index (χ4n) is 4.60. The van der Waals surface area contributed by atoms with Crippen LogP contribution >= 0.6 is 0 Å². The molecular formula is C22H27N3O. The Morgan fingerprint density at radius 2 is 1.96 bits per heavy atom. The van der Waals surface area contributed by atoms with Crippen LogP contribution in [0.5, 0.6) is 0 Å². The standard InChI is InChI=1S/C22H27N3O/c26-21(22(10-11-22)19-6-2-1-3-7-19)25-13-4-5-18(16-25)20-23-12-14-24(20)15-17-8-9-17/h1-3,6-7,12,14,17-18H,4-5,8-11,13,15-16H2. The van der Waals surface area contributed by atoms with Crippen LogP contribution < -0.4 is 0 Å². The van der Waals surface area contributed by atoms with E-state index in [0.717, 1.165) is 51.2 Å². The molecule has 0 bridgehead atoms. The molecule has 2 heterocycles. The third kappa shape index (κ3) is 2.85. The second-order valence-electron chi connectivity index (χ2n) is 8.42. The van der Waals surface area contributed by atoms with Gasteiger partial charge < -0.3 is 9.47 Å². The van der Waals surface area contributed by atoms with Gasteiger partial charge in [0.2, 0.25) is 5.91 Å². The van der Waals surface area contributed by atoms with E-state index in [2.05, 4.69) is 44.9 Å². The third-order valence-corrected chi connectivity index (χ3v) is 6.46. The largest absolute Gasteiger partial charge is 0.341 e. The van der Waals surface area contributed by atoms with Crippen molar-refractivity contribution in [3.05, 3.63) is 54.1 Å². The second-order valence-corrected chi connectivity index (χ2v) is 8.42. The van der Waals surface area contributed by atoms with E-state index in [0.29, 0.717) is 11.8 Å². The average molecular weight is 349 g/mol.